The van der Waals surface area contributed by atoms with Crippen molar-refractivity contribution in [3.63, 3.8) is 0 Å². The van der Waals surface area contributed by atoms with Crippen LogP contribution in [0.25, 0.3) is 16.8 Å². The van der Waals surface area contributed by atoms with Crippen LogP contribution in [0.3, 0.4) is 0 Å². The minimum absolute atomic E-state index is 0.0817. The maximum atomic E-state index is 13.2. The maximum absolute atomic E-state index is 13.2. The molecule has 1 aliphatic rings. The number of aryl methyl sites for hydroxylation is 1. The lowest BCUT2D eigenvalue weighted by atomic mass is 10.0. The minimum Gasteiger partial charge on any atom is -0.339 e. The van der Waals surface area contributed by atoms with Crippen molar-refractivity contribution in [2.75, 3.05) is 24.7 Å². The number of hydrogen-bond acceptors (Lipinski definition) is 4. The summed E-state index contributed by atoms with van der Waals surface area (Å²) in [5.41, 5.74) is 6.33. The van der Waals surface area contributed by atoms with Crippen LogP contribution in [0.5, 0.6) is 0 Å². The van der Waals surface area contributed by atoms with Crippen molar-refractivity contribution in [2.45, 2.75) is 38.0 Å². The number of aromatic nitrogens is 1. The summed E-state index contributed by atoms with van der Waals surface area (Å²) in [5.74, 6) is -0.192. The molecule has 1 fully saturated rings. The Kier molecular flexibility index (Phi) is 7.63. The van der Waals surface area contributed by atoms with Crippen molar-refractivity contribution in [3.8, 4) is 16.8 Å². The first-order valence-electron chi connectivity index (χ1n) is 13.4. The zero-order valence-electron chi connectivity index (χ0n) is 23.0. The van der Waals surface area contributed by atoms with Gasteiger partial charge in [-0.1, -0.05) is 30.3 Å². The third-order valence-electron chi connectivity index (χ3n) is 7.45. The molecular formula is C32H33N3O4S. The van der Waals surface area contributed by atoms with Gasteiger partial charge in [-0.05, 0) is 87.2 Å². The Balaban J connectivity index is 1.41. The lowest BCUT2D eigenvalue weighted by Gasteiger charge is -2.26. The molecule has 0 unspecified atom stereocenters. The first kappa shape index (κ1) is 27.4. The molecule has 1 N–H and O–H groups in total. The molecule has 206 valence electrons. The van der Waals surface area contributed by atoms with E-state index >= 15 is 0 Å². The molecule has 3 aromatic carbocycles. The van der Waals surface area contributed by atoms with Crippen LogP contribution in [0.2, 0.25) is 0 Å². The Hall–Kier alpha value is -4.17. The molecule has 4 aromatic rings. The van der Waals surface area contributed by atoms with E-state index in [0.717, 1.165) is 60.4 Å². The van der Waals surface area contributed by atoms with Crippen LogP contribution in [-0.4, -0.2) is 49.0 Å². The van der Waals surface area contributed by atoms with Crippen molar-refractivity contribution in [3.05, 3.63) is 101 Å². The van der Waals surface area contributed by atoms with Crippen molar-refractivity contribution < 1.29 is 18.0 Å². The monoisotopic (exact) mass is 555 g/mol. The van der Waals surface area contributed by atoms with Crippen LogP contribution in [0, 0.1) is 13.8 Å². The molecule has 0 aliphatic carbocycles. The molecule has 40 heavy (non-hydrogen) atoms. The number of rotatable bonds is 6. The predicted octanol–water partition coefficient (Wildman–Crippen LogP) is 6.04. The first-order valence-corrected chi connectivity index (χ1v) is 15.3. The zero-order chi connectivity index (χ0) is 28.4. The third-order valence-corrected chi connectivity index (χ3v) is 8.58. The van der Waals surface area contributed by atoms with Gasteiger partial charge in [-0.3, -0.25) is 9.59 Å². The van der Waals surface area contributed by atoms with Crippen molar-refractivity contribution in [1.82, 2.24) is 9.47 Å². The molecule has 8 heteroatoms. The number of carbonyl (C=O) groups excluding carboxylic acids is 2. The van der Waals surface area contributed by atoms with Crippen LogP contribution in [0.4, 0.5) is 5.69 Å². The molecule has 0 spiro atoms. The van der Waals surface area contributed by atoms with Gasteiger partial charge in [0.05, 0.1) is 16.1 Å². The van der Waals surface area contributed by atoms with Gasteiger partial charge in [0.15, 0.2) is 9.84 Å². The van der Waals surface area contributed by atoms with Crippen LogP contribution in [0.15, 0.2) is 83.8 Å². The molecule has 1 aromatic heterocycles. The van der Waals surface area contributed by atoms with Crippen molar-refractivity contribution in [1.29, 1.82) is 0 Å². The number of amides is 2. The number of piperidine rings is 1. The number of nitrogens with one attached hydrogen (secondary N) is 1. The molecule has 5 rings (SSSR count). The predicted molar refractivity (Wildman–Crippen MR) is 158 cm³/mol. The quantitative estimate of drug-likeness (QED) is 0.314. The molecule has 1 saturated heterocycles. The number of para-hydroxylation sites is 1. The van der Waals surface area contributed by atoms with Gasteiger partial charge in [-0.25, -0.2) is 8.42 Å². The largest absolute Gasteiger partial charge is 0.339 e. The summed E-state index contributed by atoms with van der Waals surface area (Å²) < 4.78 is 25.5. The van der Waals surface area contributed by atoms with E-state index in [0.29, 0.717) is 16.8 Å². The van der Waals surface area contributed by atoms with Gasteiger partial charge in [0, 0.05) is 47.5 Å². The highest BCUT2D eigenvalue weighted by atomic mass is 32.2. The van der Waals surface area contributed by atoms with E-state index in [-0.39, 0.29) is 16.7 Å². The lowest BCUT2D eigenvalue weighted by molar-refractivity contribution is 0.0724. The molecule has 0 atom stereocenters. The van der Waals surface area contributed by atoms with Gasteiger partial charge in [0.2, 0.25) is 0 Å². The molecule has 7 nitrogen and oxygen atoms in total. The average Bonchev–Trinajstić information content (AvgIpc) is 3.26. The summed E-state index contributed by atoms with van der Waals surface area (Å²) in [4.78, 5) is 28.3. The number of carbonyl (C=O) groups is 2. The highest BCUT2D eigenvalue weighted by Crippen LogP contribution is 2.31. The van der Waals surface area contributed by atoms with Gasteiger partial charge < -0.3 is 14.8 Å². The smallest absolute Gasteiger partial charge is 0.257 e. The summed E-state index contributed by atoms with van der Waals surface area (Å²) in [6.45, 7) is 5.50. The topological polar surface area (TPSA) is 88.5 Å². The number of nitrogens with zero attached hydrogens (tertiary/aromatic N) is 2. The zero-order valence-corrected chi connectivity index (χ0v) is 23.8. The molecule has 0 bridgehead atoms. The Morgan fingerprint density at radius 3 is 2.12 bits per heavy atom. The van der Waals surface area contributed by atoms with Crippen molar-refractivity contribution in [2.24, 2.45) is 0 Å². The fourth-order valence-electron chi connectivity index (χ4n) is 5.33. The number of hydrogen-bond donors (Lipinski definition) is 1. The van der Waals surface area contributed by atoms with Gasteiger partial charge >= 0.3 is 0 Å². The number of likely N-dealkylation sites (tertiary alicyclic amines) is 1. The SMILES string of the molecule is Cc1cc(C(=O)Nc2ccc(S(C)(=O)=O)cc2)c(C)n1-c1ccccc1-c1ccc(C(=O)N2CCCCC2)cc1. The molecule has 2 heterocycles. The van der Waals surface area contributed by atoms with Crippen LogP contribution >= 0.6 is 0 Å². The van der Waals surface area contributed by atoms with Crippen LogP contribution in [-0.2, 0) is 9.84 Å². The Labute approximate surface area is 235 Å². The van der Waals surface area contributed by atoms with Crippen LogP contribution < -0.4 is 5.32 Å². The van der Waals surface area contributed by atoms with Gasteiger partial charge in [-0.2, -0.15) is 0 Å². The average molecular weight is 556 g/mol. The number of anilines is 1. The second-order valence-electron chi connectivity index (χ2n) is 10.3. The maximum Gasteiger partial charge on any atom is 0.257 e. The van der Waals surface area contributed by atoms with E-state index in [1.807, 2.05) is 73.3 Å². The Morgan fingerprint density at radius 1 is 0.825 bits per heavy atom. The fourth-order valence-corrected chi connectivity index (χ4v) is 5.96. The van der Waals surface area contributed by atoms with E-state index in [9.17, 15) is 18.0 Å². The normalized spacial score (nSPS) is 13.7. The molecule has 0 saturated carbocycles. The third kappa shape index (κ3) is 5.58. The molecule has 0 radical (unpaired) electrons. The summed E-state index contributed by atoms with van der Waals surface area (Å²) in [6.07, 6.45) is 4.45. The number of sulfone groups is 1. The van der Waals surface area contributed by atoms with E-state index in [4.69, 9.17) is 0 Å². The summed E-state index contributed by atoms with van der Waals surface area (Å²) in [5, 5.41) is 2.88. The fraction of sp³-hybridized carbons (Fsp3) is 0.250. The van der Waals surface area contributed by atoms with E-state index in [1.54, 1.807) is 12.1 Å². The van der Waals surface area contributed by atoms with Gasteiger partial charge in [0.1, 0.15) is 0 Å². The highest BCUT2D eigenvalue weighted by Gasteiger charge is 2.21. The Morgan fingerprint density at radius 2 is 1.48 bits per heavy atom. The summed E-state index contributed by atoms with van der Waals surface area (Å²) >= 11 is 0. The number of benzene rings is 3. The molecular weight excluding hydrogens is 522 g/mol. The minimum atomic E-state index is -3.31. The molecule has 1 aliphatic heterocycles. The standard InChI is InChI=1S/C32H33N3O4S/c1-22-21-29(31(36)33-26-15-17-27(18-16-26)40(3,38)39)23(2)35(22)30-10-6-5-9-28(30)24-11-13-25(14-12-24)32(37)34-19-7-4-8-20-34/h5-6,9-18,21H,4,7-8,19-20H2,1-3H3,(H,33,36). The summed E-state index contributed by atoms with van der Waals surface area (Å²) in [6, 6.07) is 23.8. The first-order chi connectivity index (χ1) is 19.1. The van der Waals surface area contributed by atoms with E-state index in [2.05, 4.69) is 9.88 Å². The van der Waals surface area contributed by atoms with Gasteiger partial charge in [0.25, 0.3) is 11.8 Å². The molecule has 2 amide bonds. The van der Waals surface area contributed by atoms with E-state index in [1.165, 1.54) is 18.6 Å². The lowest BCUT2D eigenvalue weighted by Crippen LogP contribution is -2.35. The second kappa shape index (κ2) is 11.1. The summed E-state index contributed by atoms with van der Waals surface area (Å²) in [7, 11) is -3.31. The Bertz CT molecular complexity index is 1660. The highest BCUT2D eigenvalue weighted by molar-refractivity contribution is 7.90. The second-order valence-corrected chi connectivity index (χ2v) is 12.3. The van der Waals surface area contributed by atoms with E-state index < -0.39 is 9.84 Å². The van der Waals surface area contributed by atoms with Crippen molar-refractivity contribution >= 4 is 27.3 Å². The van der Waals surface area contributed by atoms with Crippen LogP contribution in [0.1, 0.15) is 51.4 Å². The van der Waals surface area contributed by atoms with Gasteiger partial charge in [-0.15, -0.1) is 0 Å².